The molecular weight excluding hydrogens is 388 g/mol. The lowest BCUT2D eigenvalue weighted by molar-refractivity contribution is -0.123. The molecule has 1 aliphatic heterocycles. The predicted octanol–water partition coefficient (Wildman–Crippen LogP) is 4.14. The highest BCUT2D eigenvalue weighted by atomic mass is 16.5. The Kier molecular flexibility index (Phi) is 6.62. The predicted molar refractivity (Wildman–Crippen MR) is 121 cm³/mol. The Morgan fingerprint density at radius 2 is 1.52 bits per heavy atom. The fourth-order valence-corrected chi connectivity index (χ4v) is 3.95. The number of nitrogens with one attached hydrogen (secondary N) is 1. The Morgan fingerprint density at radius 3 is 2.19 bits per heavy atom. The van der Waals surface area contributed by atoms with Crippen LogP contribution >= 0.6 is 0 Å². The summed E-state index contributed by atoms with van der Waals surface area (Å²) in [6.45, 7) is 0.831. The molecule has 0 spiro atoms. The summed E-state index contributed by atoms with van der Waals surface area (Å²) in [6, 6.07) is 28.0. The van der Waals surface area contributed by atoms with Crippen LogP contribution in [-0.2, 0) is 9.59 Å². The number of ether oxygens (including phenoxy) is 1. The molecule has 158 valence electrons. The molecule has 4 rings (SSSR count). The number of hydrogen-bond donors (Lipinski definition) is 1. The number of hydrogen-bond acceptors (Lipinski definition) is 3. The third-order valence-electron chi connectivity index (χ3n) is 5.49. The van der Waals surface area contributed by atoms with Gasteiger partial charge in [0.25, 0.3) is 0 Å². The van der Waals surface area contributed by atoms with E-state index in [1.54, 1.807) is 0 Å². The molecule has 31 heavy (non-hydrogen) atoms. The van der Waals surface area contributed by atoms with Crippen molar-refractivity contribution in [3.63, 3.8) is 0 Å². The van der Waals surface area contributed by atoms with Crippen LogP contribution in [0.25, 0.3) is 0 Å². The van der Waals surface area contributed by atoms with Gasteiger partial charge in [0.15, 0.2) is 0 Å². The molecule has 0 aliphatic carbocycles. The molecule has 0 bridgehead atoms. The van der Waals surface area contributed by atoms with E-state index in [1.807, 2.05) is 60.7 Å². The van der Waals surface area contributed by atoms with E-state index in [1.165, 1.54) is 16.0 Å². The van der Waals surface area contributed by atoms with Crippen molar-refractivity contribution >= 4 is 17.5 Å². The van der Waals surface area contributed by atoms with Gasteiger partial charge in [-0.3, -0.25) is 14.5 Å². The molecule has 1 aliphatic rings. The lowest BCUT2D eigenvalue weighted by Crippen LogP contribution is -2.41. The number of para-hydroxylation sites is 2. The molecule has 5 nitrogen and oxygen atoms in total. The van der Waals surface area contributed by atoms with Crippen LogP contribution < -0.4 is 15.0 Å². The summed E-state index contributed by atoms with van der Waals surface area (Å²) < 4.78 is 5.65. The third-order valence-corrected chi connectivity index (χ3v) is 5.49. The Hall–Kier alpha value is -3.60. The van der Waals surface area contributed by atoms with Crippen LogP contribution in [0.1, 0.15) is 29.9 Å². The number of rotatable bonds is 7. The molecule has 0 unspecified atom stereocenters. The van der Waals surface area contributed by atoms with Gasteiger partial charge in [-0.25, -0.2) is 0 Å². The Balaban J connectivity index is 1.40. The molecule has 1 heterocycles. The second-order valence-electron chi connectivity index (χ2n) is 7.56. The zero-order valence-corrected chi connectivity index (χ0v) is 17.4. The van der Waals surface area contributed by atoms with Crippen molar-refractivity contribution in [3.05, 3.63) is 96.1 Å². The summed E-state index contributed by atoms with van der Waals surface area (Å²) >= 11 is 0. The van der Waals surface area contributed by atoms with Gasteiger partial charge in [0, 0.05) is 12.5 Å². The summed E-state index contributed by atoms with van der Waals surface area (Å²) in [5.74, 6) is 0.544. The van der Waals surface area contributed by atoms with Gasteiger partial charge in [-0.05, 0) is 29.7 Å². The van der Waals surface area contributed by atoms with Crippen LogP contribution in [0.5, 0.6) is 5.75 Å². The van der Waals surface area contributed by atoms with Gasteiger partial charge in [-0.1, -0.05) is 72.8 Å². The minimum Gasteiger partial charge on any atom is -0.491 e. The van der Waals surface area contributed by atoms with Gasteiger partial charge in [0.05, 0.1) is 18.7 Å². The van der Waals surface area contributed by atoms with Crippen molar-refractivity contribution in [1.82, 2.24) is 5.32 Å². The van der Waals surface area contributed by atoms with Crippen LogP contribution in [-0.4, -0.2) is 31.5 Å². The smallest absolute Gasteiger partial charge is 0.240 e. The van der Waals surface area contributed by atoms with Crippen LogP contribution in [0, 0.1) is 0 Å². The lowest BCUT2D eigenvalue weighted by Gasteiger charge is -2.22. The molecule has 2 amide bonds. The highest BCUT2D eigenvalue weighted by Gasteiger charge is 2.25. The fraction of sp³-hybridized carbons (Fsp3) is 0.231. The molecule has 0 saturated heterocycles. The summed E-state index contributed by atoms with van der Waals surface area (Å²) in [4.78, 5) is 26.7. The number of fused-ring (bicyclic) bond motifs is 1. The molecule has 0 radical (unpaired) electrons. The van der Waals surface area contributed by atoms with Crippen LogP contribution in [0.4, 0.5) is 5.69 Å². The minimum absolute atomic E-state index is 0.0133. The van der Waals surface area contributed by atoms with Gasteiger partial charge < -0.3 is 10.1 Å². The Bertz CT molecular complexity index is 982. The van der Waals surface area contributed by atoms with Crippen molar-refractivity contribution in [2.45, 2.75) is 18.8 Å². The molecule has 0 atom stereocenters. The summed E-state index contributed by atoms with van der Waals surface area (Å²) in [5.41, 5.74) is 3.08. The van der Waals surface area contributed by atoms with Crippen molar-refractivity contribution < 1.29 is 14.3 Å². The molecule has 1 N–H and O–H groups in total. The normalized spacial score (nSPS) is 13.3. The van der Waals surface area contributed by atoms with Crippen molar-refractivity contribution in [2.75, 3.05) is 24.6 Å². The van der Waals surface area contributed by atoms with E-state index in [-0.39, 0.29) is 30.7 Å². The van der Waals surface area contributed by atoms with E-state index in [2.05, 4.69) is 29.6 Å². The maximum absolute atomic E-state index is 12.7. The first-order chi connectivity index (χ1) is 15.2. The SMILES string of the molecule is O=C(CN1C(=O)CCOc2ccccc21)NCCC(c1ccccc1)c1ccccc1. The van der Waals surface area contributed by atoms with E-state index in [0.717, 1.165) is 6.42 Å². The first kappa shape index (κ1) is 20.7. The lowest BCUT2D eigenvalue weighted by atomic mass is 9.88. The standard InChI is InChI=1S/C26H26N2O3/c29-25(19-28-23-13-7-8-14-24(23)31-18-16-26(28)30)27-17-15-22(20-9-3-1-4-10-20)21-11-5-2-6-12-21/h1-14,22H,15-19H2,(H,27,29). The zero-order valence-electron chi connectivity index (χ0n) is 17.4. The number of amides is 2. The van der Waals surface area contributed by atoms with Gasteiger partial charge >= 0.3 is 0 Å². The third kappa shape index (κ3) is 5.12. The number of carbonyl (C=O) groups is 2. The number of nitrogens with zero attached hydrogens (tertiary/aromatic N) is 1. The molecule has 0 aromatic heterocycles. The van der Waals surface area contributed by atoms with Gasteiger partial charge in [-0.15, -0.1) is 0 Å². The molecule has 5 heteroatoms. The quantitative estimate of drug-likeness (QED) is 0.632. The number of anilines is 1. The molecule has 3 aromatic carbocycles. The van der Waals surface area contributed by atoms with Crippen molar-refractivity contribution in [1.29, 1.82) is 0 Å². The highest BCUT2D eigenvalue weighted by molar-refractivity contribution is 6.00. The van der Waals surface area contributed by atoms with E-state index < -0.39 is 0 Å². The minimum atomic E-state index is -0.176. The van der Waals surface area contributed by atoms with E-state index in [4.69, 9.17) is 4.74 Å². The highest BCUT2D eigenvalue weighted by Crippen LogP contribution is 2.31. The van der Waals surface area contributed by atoms with Crippen LogP contribution in [0.3, 0.4) is 0 Å². The molecular formula is C26H26N2O3. The first-order valence-electron chi connectivity index (χ1n) is 10.6. The van der Waals surface area contributed by atoms with Crippen LogP contribution in [0.2, 0.25) is 0 Å². The number of benzene rings is 3. The average Bonchev–Trinajstić information content (AvgIpc) is 2.96. The van der Waals surface area contributed by atoms with Gasteiger partial charge in [0.1, 0.15) is 12.3 Å². The van der Waals surface area contributed by atoms with Crippen LogP contribution in [0.15, 0.2) is 84.9 Å². The largest absolute Gasteiger partial charge is 0.491 e. The van der Waals surface area contributed by atoms with E-state index in [9.17, 15) is 9.59 Å². The maximum Gasteiger partial charge on any atom is 0.240 e. The monoisotopic (exact) mass is 414 g/mol. The molecule has 0 fully saturated rings. The molecule has 3 aromatic rings. The fourth-order valence-electron chi connectivity index (χ4n) is 3.95. The van der Waals surface area contributed by atoms with E-state index >= 15 is 0 Å². The second-order valence-corrected chi connectivity index (χ2v) is 7.56. The topological polar surface area (TPSA) is 58.6 Å². The first-order valence-corrected chi connectivity index (χ1v) is 10.6. The summed E-state index contributed by atoms with van der Waals surface area (Å²) in [5, 5.41) is 3.00. The molecule has 0 saturated carbocycles. The van der Waals surface area contributed by atoms with Gasteiger partial charge in [-0.2, -0.15) is 0 Å². The zero-order chi connectivity index (χ0) is 21.5. The Labute approximate surface area is 182 Å². The maximum atomic E-state index is 12.7. The number of carbonyl (C=O) groups excluding carboxylic acids is 2. The second kappa shape index (κ2) is 9.94. The summed E-state index contributed by atoms with van der Waals surface area (Å²) in [6.07, 6.45) is 1.03. The van der Waals surface area contributed by atoms with Crippen molar-refractivity contribution in [3.8, 4) is 5.75 Å². The summed E-state index contributed by atoms with van der Waals surface area (Å²) in [7, 11) is 0. The Morgan fingerprint density at radius 1 is 0.903 bits per heavy atom. The van der Waals surface area contributed by atoms with Gasteiger partial charge in [0.2, 0.25) is 11.8 Å². The van der Waals surface area contributed by atoms with Crippen molar-refractivity contribution in [2.24, 2.45) is 0 Å². The van der Waals surface area contributed by atoms with E-state index in [0.29, 0.717) is 24.6 Å². The average molecular weight is 415 g/mol.